The van der Waals surface area contributed by atoms with Crippen LogP contribution in [0.5, 0.6) is 0 Å². The summed E-state index contributed by atoms with van der Waals surface area (Å²) in [6.45, 7) is 4.30. The molecule has 1 aliphatic rings. The first-order valence-electron chi connectivity index (χ1n) is 9.17. The number of carbonyl (C=O) groups is 1. The fourth-order valence-corrected chi connectivity index (χ4v) is 3.32. The van der Waals surface area contributed by atoms with Crippen molar-refractivity contribution in [3.05, 3.63) is 42.5 Å². The molecule has 25 heavy (non-hydrogen) atoms. The van der Waals surface area contributed by atoms with Crippen LogP contribution >= 0.6 is 0 Å². The molecule has 0 bridgehead atoms. The topological polar surface area (TPSA) is 54.3 Å². The van der Waals surface area contributed by atoms with Gasteiger partial charge >= 0.3 is 0 Å². The minimum absolute atomic E-state index is 0.0752. The van der Waals surface area contributed by atoms with Gasteiger partial charge in [-0.25, -0.2) is 0 Å². The first-order chi connectivity index (χ1) is 12.2. The second kappa shape index (κ2) is 8.76. The third-order valence-corrected chi connectivity index (χ3v) is 4.84. The molecule has 1 amide bonds. The van der Waals surface area contributed by atoms with Crippen LogP contribution in [0.15, 0.2) is 36.9 Å². The molecule has 0 aliphatic carbocycles. The fraction of sp³-hybridized carbons (Fsp3) is 0.526. The van der Waals surface area contributed by atoms with Crippen molar-refractivity contribution in [1.29, 1.82) is 0 Å². The second-order valence-electron chi connectivity index (χ2n) is 6.75. The number of benzene rings is 1. The highest BCUT2D eigenvalue weighted by molar-refractivity contribution is 5.94. The van der Waals surface area contributed by atoms with E-state index in [0.717, 1.165) is 25.2 Å². The maximum absolute atomic E-state index is 12.6. The van der Waals surface area contributed by atoms with Crippen LogP contribution in [0.4, 0.5) is 0 Å². The highest BCUT2D eigenvalue weighted by Crippen LogP contribution is 2.12. The van der Waals surface area contributed by atoms with Gasteiger partial charge in [0.05, 0.1) is 0 Å². The van der Waals surface area contributed by atoms with Crippen LogP contribution in [0, 0.1) is 0 Å². The number of carbonyl (C=O) groups excluding carboxylic acids is 1. The molecular weight excluding hydrogens is 314 g/mol. The van der Waals surface area contributed by atoms with Crippen LogP contribution in [-0.2, 0) is 0 Å². The Hall–Kier alpha value is -2.21. The number of hydrogen-bond donors (Lipinski definition) is 0. The van der Waals surface area contributed by atoms with Crippen molar-refractivity contribution in [2.75, 3.05) is 33.2 Å². The van der Waals surface area contributed by atoms with E-state index in [1.165, 1.54) is 38.8 Å². The monoisotopic (exact) mass is 341 g/mol. The lowest BCUT2D eigenvalue weighted by atomic mass is 10.2. The summed E-state index contributed by atoms with van der Waals surface area (Å²) >= 11 is 0. The fourth-order valence-electron chi connectivity index (χ4n) is 3.32. The first kappa shape index (κ1) is 17.6. The first-order valence-corrected chi connectivity index (χ1v) is 9.17. The van der Waals surface area contributed by atoms with E-state index >= 15 is 0 Å². The van der Waals surface area contributed by atoms with Gasteiger partial charge in [0.15, 0.2) is 0 Å². The Balaban J connectivity index is 1.48. The summed E-state index contributed by atoms with van der Waals surface area (Å²) in [6.07, 6.45) is 9.67. The zero-order chi connectivity index (χ0) is 17.5. The third kappa shape index (κ3) is 4.89. The lowest BCUT2D eigenvalue weighted by Gasteiger charge is -2.22. The van der Waals surface area contributed by atoms with Crippen molar-refractivity contribution in [2.45, 2.75) is 32.1 Å². The van der Waals surface area contributed by atoms with E-state index in [2.05, 4.69) is 15.1 Å². The summed E-state index contributed by atoms with van der Waals surface area (Å²) in [5, 5.41) is 7.59. The summed E-state index contributed by atoms with van der Waals surface area (Å²) in [6, 6.07) is 7.56. The zero-order valence-electron chi connectivity index (χ0n) is 15.0. The standard InChI is InChI=1S/C19H27N5O/c1-22(11-6-14-23-12-4-2-3-5-13-23)19(25)17-7-9-18(10-8-17)24-15-20-21-16-24/h7-10,15-16H,2-6,11-14H2,1H3. The van der Waals surface area contributed by atoms with E-state index in [0.29, 0.717) is 5.56 Å². The number of likely N-dealkylation sites (tertiary alicyclic amines) is 1. The normalized spacial score (nSPS) is 15.7. The van der Waals surface area contributed by atoms with Gasteiger partial charge in [-0.05, 0) is 63.2 Å². The van der Waals surface area contributed by atoms with Gasteiger partial charge in [-0.1, -0.05) is 12.8 Å². The molecule has 1 fully saturated rings. The van der Waals surface area contributed by atoms with Gasteiger partial charge in [0.1, 0.15) is 12.7 Å². The predicted molar refractivity (Wildman–Crippen MR) is 97.8 cm³/mol. The molecule has 0 radical (unpaired) electrons. The predicted octanol–water partition coefficient (Wildman–Crippen LogP) is 2.61. The smallest absolute Gasteiger partial charge is 0.253 e. The Kier molecular flexibility index (Phi) is 6.17. The van der Waals surface area contributed by atoms with Gasteiger partial charge in [0, 0.05) is 24.8 Å². The Morgan fingerprint density at radius 3 is 2.32 bits per heavy atom. The molecular formula is C19H27N5O. The molecule has 2 heterocycles. The summed E-state index contributed by atoms with van der Waals surface area (Å²) in [5.41, 5.74) is 1.67. The van der Waals surface area contributed by atoms with Gasteiger partial charge in [-0.15, -0.1) is 10.2 Å². The van der Waals surface area contributed by atoms with Crippen molar-refractivity contribution in [1.82, 2.24) is 24.6 Å². The molecule has 0 unspecified atom stereocenters. The maximum atomic E-state index is 12.6. The Bertz CT molecular complexity index is 645. The van der Waals surface area contributed by atoms with E-state index in [-0.39, 0.29) is 5.91 Å². The van der Waals surface area contributed by atoms with Crippen LogP contribution in [-0.4, -0.2) is 63.7 Å². The van der Waals surface area contributed by atoms with Gasteiger partial charge in [-0.2, -0.15) is 0 Å². The summed E-state index contributed by atoms with van der Waals surface area (Å²) in [5.74, 6) is 0.0752. The van der Waals surface area contributed by atoms with Crippen LogP contribution in [0.2, 0.25) is 0 Å². The molecule has 0 spiro atoms. The molecule has 1 aromatic heterocycles. The number of aromatic nitrogens is 3. The van der Waals surface area contributed by atoms with Crippen molar-refractivity contribution >= 4 is 5.91 Å². The van der Waals surface area contributed by atoms with Crippen molar-refractivity contribution in [3.63, 3.8) is 0 Å². The number of hydrogen-bond acceptors (Lipinski definition) is 4. The maximum Gasteiger partial charge on any atom is 0.253 e. The summed E-state index contributed by atoms with van der Waals surface area (Å²) in [7, 11) is 1.89. The average Bonchev–Trinajstić information content (AvgIpc) is 3.06. The molecule has 134 valence electrons. The van der Waals surface area contributed by atoms with Gasteiger partial charge in [0.25, 0.3) is 5.91 Å². The molecule has 1 aliphatic heterocycles. The van der Waals surface area contributed by atoms with Crippen LogP contribution < -0.4 is 0 Å². The molecule has 6 nitrogen and oxygen atoms in total. The Morgan fingerprint density at radius 2 is 1.68 bits per heavy atom. The van der Waals surface area contributed by atoms with Crippen LogP contribution in [0.1, 0.15) is 42.5 Å². The molecule has 1 aromatic carbocycles. The van der Waals surface area contributed by atoms with Gasteiger partial charge in [0.2, 0.25) is 0 Å². The summed E-state index contributed by atoms with van der Waals surface area (Å²) < 4.78 is 1.82. The molecule has 1 saturated heterocycles. The van der Waals surface area contributed by atoms with Crippen LogP contribution in [0.3, 0.4) is 0 Å². The van der Waals surface area contributed by atoms with Crippen LogP contribution in [0.25, 0.3) is 5.69 Å². The Labute approximate surface area is 149 Å². The highest BCUT2D eigenvalue weighted by Gasteiger charge is 2.13. The van der Waals surface area contributed by atoms with Crippen molar-refractivity contribution < 1.29 is 4.79 Å². The lowest BCUT2D eigenvalue weighted by molar-refractivity contribution is 0.0788. The van der Waals surface area contributed by atoms with Gasteiger partial charge in [-0.3, -0.25) is 9.36 Å². The number of nitrogens with zero attached hydrogens (tertiary/aromatic N) is 5. The van der Waals surface area contributed by atoms with E-state index in [1.54, 1.807) is 12.7 Å². The molecule has 6 heteroatoms. The SMILES string of the molecule is CN(CCCN1CCCCCC1)C(=O)c1ccc(-n2cnnc2)cc1. The number of rotatable bonds is 6. The molecule has 2 aromatic rings. The lowest BCUT2D eigenvalue weighted by Crippen LogP contribution is -2.32. The van der Waals surface area contributed by atoms with Crippen molar-refractivity contribution in [3.8, 4) is 5.69 Å². The molecule has 0 saturated carbocycles. The minimum atomic E-state index is 0.0752. The number of amides is 1. The highest BCUT2D eigenvalue weighted by atomic mass is 16.2. The minimum Gasteiger partial charge on any atom is -0.342 e. The van der Waals surface area contributed by atoms with Crippen molar-refractivity contribution in [2.24, 2.45) is 0 Å². The van der Waals surface area contributed by atoms with E-state index in [1.807, 2.05) is 40.8 Å². The quantitative estimate of drug-likeness (QED) is 0.810. The largest absolute Gasteiger partial charge is 0.342 e. The van der Waals surface area contributed by atoms with Gasteiger partial charge < -0.3 is 9.80 Å². The second-order valence-corrected chi connectivity index (χ2v) is 6.75. The summed E-state index contributed by atoms with van der Waals surface area (Å²) in [4.78, 5) is 16.9. The zero-order valence-corrected chi connectivity index (χ0v) is 15.0. The average molecular weight is 341 g/mol. The van der Waals surface area contributed by atoms with E-state index in [9.17, 15) is 4.79 Å². The molecule has 3 rings (SSSR count). The molecule has 0 N–H and O–H groups in total. The molecule has 0 atom stereocenters. The third-order valence-electron chi connectivity index (χ3n) is 4.84. The Morgan fingerprint density at radius 1 is 1.04 bits per heavy atom. The van der Waals surface area contributed by atoms with E-state index < -0.39 is 0 Å². The van der Waals surface area contributed by atoms with E-state index in [4.69, 9.17) is 0 Å².